The van der Waals surface area contributed by atoms with Crippen LogP contribution in [0.5, 0.6) is 0 Å². The Bertz CT molecular complexity index is 1300. The lowest BCUT2D eigenvalue weighted by atomic mass is 10.0. The number of nitrogens with zero attached hydrogens (tertiary/aromatic N) is 3. The van der Waals surface area contributed by atoms with E-state index in [1.165, 1.54) is 16.7 Å². The first-order valence-electron chi connectivity index (χ1n) is 11.3. The zero-order chi connectivity index (χ0) is 23.2. The molecule has 1 aliphatic heterocycles. The molecule has 1 aromatic heterocycles. The second-order valence-corrected chi connectivity index (χ2v) is 11.4. The Hall–Kier alpha value is -2.97. The van der Waals surface area contributed by atoms with Crippen LogP contribution in [-0.4, -0.2) is 34.5 Å². The molecular weight excluding hydrogens is 434 g/mol. The molecular formula is C25H29N5O2S. The Labute approximate surface area is 195 Å². The van der Waals surface area contributed by atoms with Crippen LogP contribution in [0.2, 0.25) is 0 Å². The highest BCUT2D eigenvalue weighted by Crippen LogP contribution is 2.34. The van der Waals surface area contributed by atoms with E-state index in [1.807, 2.05) is 19.1 Å². The molecule has 2 N–H and O–H groups in total. The molecule has 5 rings (SSSR count). The number of aromatic nitrogens is 2. The second-order valence-electron chi connectivity index (χ2n) is 9.16. The number of fused-ring (bicyclic) bond motifs is 1. The van der Waals surface area contributed by atoms with E-state index < -0.39 is 10.0 Å². The Balaban J connectivity index is 1.33. The van der Waals surface area contributed by atoms with Gasteiger partial charge in [0.05, 0.1) is 5.25 Å². The number of rotatable bonds is 6. The van der Waals surface area contributed by atoms with Gasteiger partial charge >= 0.3 is 0 Å². The van der Waals surface area contributed by atoms with Crippen molar-refractivity contribution in [3.8, 4) is 0 Å². The molecule has 1 saturated carbocycles. The topological polar surface area (TPSA) is 87.2 Å². The number of anilines is 4. The molecule has 2 heterocycles. The van der Waals surface area contributed by atoms with Crippen molar-refractivity contribution in [2.24, 2.45) is 0 Å². The smallest absolute Gasteiger partial charge is 0.229 e. The molecule has 0 radical (unpaired) electrons. The molecule has 2 aliphatic rings. The van der Waals surface area contributed by atoms with Crippen LogP contribution in [0, 0.1) is 20.8 Å². The van der Waals surface area contributed by atoms with Gasteiger partial charge in [-0.1, -0.05) is 12.1 Å². The first-order valence-corrected chi connectivity index (χ1v) is 12.8. The van der Waals surface area contributed by atoms with Crippen LogP contribution in [0.3, 0.4) is 0 Å². The van der Waals surface area contributed by atoms with Crippen molar-refractivity contribution >= 4 is 33.2 Å². The number of sulfonamides is 1. The van der Waals surface area contributed by atoms with Gasteiger partial charge in [-0.25, -0.2) is 13.4 Å². The molecule has 3 aromatic rings. The molecule has 1 aliphatic carbocycles. The molecule has 0 amide bonds. The summed E-state index contributed by atoms with van der Waals surface area (Å²) in [5.41, 5.74) is 7.46. The van der Waals surface area contributed by atoms with Crippen LogP contribution >= 0.6 is 0 Å². The SMILES string of the molecule is Cc1cc(C)cc(Nc2ncc(C)c(Nc3ccc4c(c3)CCN(S(=O)(=O)C3CC3)C4)n2)c1. The van der Waals surface area contributed by atoms with E-state index in [4.69, 9.17) is 0 Å². The third-order valence-corrected chi connectivity index (χ3v) is 8.55. The first kappa shape index (κ1) is 21.9. The first-order chi connectivity index (χ1) is 15.8. The van der Waals surface area contributed by atoms with Crippen molar-refractivity contribution in [1.82, 2.24) is 14.3 Å². The van der Waals surface area contributed by atoms with E-state index in [2.05, 4.69) is 58.7 Å². The molecule has 2 aromatic carbocycles. The van der Waals surface area contributed by atoms with Crippen molar-refractivity contribution < 1.29 is 8.42 Å². The fourth-order valence-electron chi connectivity index (χ4n) is 4.34. The predicted octanol–water partition coefficient (Wildman–Crippen LogP) is 4.74. The average Bonchev–Trinajstić information content (AvgIpc) is 3.61. The molecule has 33 heavy (non-hydrogen) atoms. The number of nitrogens with one attached hydrogen (secondary N) is 2. The highest BCUT2D eigenvalue weighted by Gasteiger charge is 2.40. The normalized spacial score (nSPS) is 16.3. The van der Waals surface area contributed by atoms with Gasteiger partial charge in [-0.3, -0.25) is 0 Å². The third-order valence-electron chi connectivity index (χ3n) is 6.20. The van der Waals surface area contributed by atoms with E-state index in [0.717, 1.165) is 47.6 Å². The van der Waals surface area contributed by atoms with Crippen LogP contribution < -0.4 is 10.6 Å². The van der Waals surface area contributed by atoms with Gasteiger partial charge in [0.2, 0.25) is 16.0 Å². The van der Waals surface area contributed by atoms with Crippen LogP contribution in [0.4, 0.5) is 23.1 Å². The zero-order valence-corrected chi connectivity index (χ0v) is 20.0. The molecule has 0 saturated heterocycles. The summed E-state index contributed by atoms with van der Waals surface area (Å²) in [5, 5.41) is 6.56. The van der Waals surface area contributed by atoms with Crippen molar-refractivity contribution in [1.29, 1.82) is 0 Å². The molecule has 8 heteroatoms. The van der Waals surface area contributed by atoms with E-state index in [9.17, 15) is 8.42 Å². The number of hydrogen-bond acceptors (Lipinski definition) is 6. The maximum absolute atomic E-state index is 12.6. The van der Waals surface area contributed by atoms with Gasteiger partial charge in [0.1, 0.15) is 5.82 Å². The van der Waals surface area contributed by atoms with Gasteiger partial charge in [-0.05, 0) is 86.6 Å². The number of aryl methyl sites for hydroxylation is 3. The maximum atomic E-state index is 12.6. The Morgan fingerprint density at radius 3 is 2.42 bits per heavy atom. The summed E-state index contributed by atoms with van der Waals surface area (Å²) in [6, 6.07) is 12.4. The molecule has 7 nitrogen and oxygen atoms in total. The molecule has 0 unspecified atom stereocenters. The van der Waals surface area contributed by atoms with Gasteiger partial charge in [-0.15, -0.1) is 0 Å². The largest absolute Gasteiger partial charge is 0.340 e. The predicted molar refractivity (Wildman–Crippen MR) is 132 cm³/mol. The van der Waals surface area contributed by atoms with Gasteiger partial charge in [0.25, 0.3) is 0 Å². The number of hydrogen-bond donors (Lipinski definition) is 2. The molecule has 0 bridgehead atoms. The molecule has 0 atom stereocenters. The van der Waals surface area contributed by atoms with Gasteiger partial charge < -0.3 is 10.6 Å². The highest BCUT2D eigenvalue weighted by molar-refractivity contribution is 7.90. The Kier molecular flexibility index (Phi) is 5.58. The summed E-state index contributed by atoms with van der Waals surface area (Å²) >= 11 is 0. The summed E-state index contributed by atoms with van der Waals surface area (Å²) in [4.78, 5) is 9.12. The van der Waals surface area contributed by atoms with Gasteiger partial charge in [0, 0.05) is 36.2 Å². The van der Waals surface area contributed by atoms with Crippen LogP contribution in [-0.2, 0) is 23.0 Å². The van der Waals surface area contributed by atoms with Crippen molar-refractivity contribution in [3.63, 3.8) is 0 Å². The summed E-state index contributed by atoms with van der Waals surface area (Å²) in [7, 11) is -3.14. The van der Waals surface area contributed by atoms with Gasteiger partial charge in [0.15, 0.2) is 0 Å². The molecule has 0 spiro atoms. The fraction of sp³-hybridized carbons (Fsp3) is 0.360. The highest BCUT2D eigenvalue weighted by atomic mass is 32.2. The van der Waals surface area contributed by atoms with Crippen molar-refractivity contribution in [2.45, 2.75) is 51.8 Å². The monoisotopic (exact) mass is 463 g/mol. The molecule has 1 fully saturated rings. The van der Waals surface area contributed by atoms with Gasteiger partial charge in [-0.2, -0.15) is 9.29 Å². The Morgan fingerprint density at radius 1 is 0.939 bits per heavy atom. The number of benzene rings is 2. The summed E-state index contributed by atoms with van der Waals surface area (Å²) in [6.07, 6.45) is 4.12. The second kappa shape index (κ2) is 8.43. The molecule has 172 valence electrons. The average molecular weight is 464 g/mol. The standard InChI is InChI=1S/C25H29N5O2S/c1-16-10-17(2)12-22(11-16)28-25-26-14-18(3)24(29-25)27-21-5-4-20-15-30(9-8-19(20)13-21)33(31,32)23-6-7-23/h4-5,10-14,23H,6-9,15H2,1-3H3,(H2,26,27,28,29). The van der Waals surface area contributed by atoms with E-state index in [0.29, 0.717) is 19.0 Å². The summed E-state index contributed by atoms with van der Waals surface area (Å²) < 4.78 is 26.8. The van der Waals surface area contributed by atoms with Crippen molar-refractivity contribution in [3.05, 3.63) is 70.4 Å². The lowest BCUT2D eigenvalue weighted by Gasteiger charge is -2.28. The minimum absolute atomic E-state index is 0.160. The lowest BCUT2D eigenvalue weighted by molar-refractivity contribution is 0.390. The maximum Gasteiger partial charge on any atom is 0.229 e. The Morgan fingerprint density at radius 2 is 1.70 bits per heavy atom. The minimum Gasteiger partial charge on any atom is -0.340 e. The van der Waals surface area contributed by atoms with E-state index >= 15 is 0 Å². The zero-order valence-electron chi connectivity index (χ0n) is 19.2. The summed E-state index contributed by atoms with van der Waals surface area (Å²) in [5.74, 6) is 1.28. The lowest BCUT2D eigenvalue weighted by Crippen LogP contribution is -2.38. The quantitative estimate of drug-likeness (QED) is 0.549. The van der Waals surface area contributed by atoms with Crippen LogP contribution in [0.1, 0.15) is 40.7 Å². The minimum atomic E-state index is -3.14. The van der Waals surface area contributed by atoms with Crippen LogP contribution in [0.25, 0.3) is 0 Å². The van der Waals surface area contributed by atoms with E-state index in [1.54, 1.807) is 10.5 Å². The summed E-state index contributed by atoms with van der Waals surface area (Å²) in [6.45, 7) is 7.12. The van der Waals surface area contributed by atoms with Crippen molar-refractivity contribution in [2.75, 3.05) is 17.2 Å². The fourth-order valence-corrected chi connectivity index (χ4v) is 6.16. The third kappa shape index (κ3) is 4.72. The van der Waals surface area contributed by atoms with E-state index in [-0.39, 0.29) is 5.25 Å². The van der Waals surface area contributed by atoms with Crippen LogP contribution in [0.15, 0.2) is 42.6 Å².